The van der Waals surface area contributed by atoms with E-state index in [2.05, 4.69) is 20.5 Å². The van der Waals surface area contributed by atoms with Gasteiger partial charge in [0.15, 0.2) is 0 Å². The summed E-state index contributed by atoms with van der Waals surface area (Å²) in [6, 6.07) is 5.73. The molecule has 3 heterocycles. The van der Waals surface area contributed by atoms with Crippen LogP contribution in [0.15, 0.2) is 24.4 Å². The maximum Gasteiger partial charge on any atom is 0.244 e. The number of ether oxygens (including phenoxy) is 1. The lowest BCUT2D eigenvalue weighted by Gasteiger charge is -2.35. The first-order chi connectivity index (χ1) is 11.3. The summed E-state index contributed by atoms with van der Waals surface area (Å²) in [6.45, 7) is 2.00. The molecule has 0 aromatic carbocycles. The lowest BCUT2D eigenvalue weighted by atomic mass is 10.1. The maximum absolute atomic E-state index is 12.7. The van der Waals surface area contributed by atoms with Gasteiger partial charge in [0.2, 0.25) is 11.7 Å². The number of rotatable bonds is 4. The molecule has 1 saturated heterocycles. The molecule has 0 N–H and O–H groups in total. The molecule has 1 amide bonds. The number of hydrogen-bond donors (Lipinski definition) is 0. The summed E-state index contributed by atoms with van der Waals surface area (Å²) < 4.78 is 7.06. The predicted molar refractivity (Wildman–Crippen MR) is 80.1 cm³/mol. The van der Waals surface area contributed by atoms with Gasteiger partial charge in [0, 0.05) is 12.7 Å². The molecule has 8 nitrogen and oxygen atoms in total. The Morgan fingerprint density at radius 2 is 2.26 bits per heavy atom. The fraction of sp³-hybridized carbons (Fsp3) is 0.533. The van der Waals surface area contributed by atoms with Crippen molar-refractivity contribution in [2.45, 2.75) is 25.4 Å². The molecule has 1 atom stereocenters. The number of hydrogen-bond acceptors (Lipinski definition) is 6. The highest BCUT2D eigenvalue weighted by atomic mass is 16.5. The number of pyridine rings is 1. The van der Waals surface area contributed by atoms with E-state index in [4.69, 9.17) is 4.74 Å². The molecule has 1 aliphatic heterocycles. The van der Waals surface area contributed by atoms with E-state index in [9.17, 15) is 4.79 Å². The van der Waals surface area contributed by atoms with Crippen molar-refractivity contribution in [1.82, 2.24) is 30.1 Å². The number of amides is 1. The van der Waals surface area contributed by atoms with Crippen LogP contribution in [0.4, 0.5) is 0 Å². The molecule has 23 heavy (non-hydrogen) atoms. The van der Waals surface area contributed by atoms with Crippen LogP contribution < -0.4 is 0 Å². The average Bonchev–Trinajstić information content (AvgIpc) is 3.35. The second kappa shape index (κ2) is 6.04. The molecule has 0 bridgehead atoms. The molecule has 0 spiro atoms. The minimum Gasteiger partial charge on any atom is -0.377 e. The highest BCUT2D eigenvalue weighted by Crippen LogP contribution is 2.36. The summed E-state index contributed by atoms with van der Waals surface area (Å²) in [5, 5.41) is 11.6. The van der Waals surface area contributed by atoms with Gasteiger partial charge in [0.25, 0.3) is 0 Å². The normalized spacial score (nSPS) is 21.4. The van der Waals surface area contributed by atoms with E-state index < -0.39 is 0 Å². The number of carbonyl (C=O) groups is 1. The van der Waals surface area contributed by atoms with Gasteiger partial charge in [0.05, 0.1) is 19.3 Å². The predicted octanol–water partition coefficient (Wildman–Crippen LogP) is 0.372. The van der Waals surface area contributed by atoms with Crippen LogP contribution in [0, 0.1) is 5.92 Å². The molecular formula is C15H18N6O2. The minimum absolute atomic E-state index is 0.0367. The van der Waals surface area contributed by atoms with Gasteiger partial charge in [-0.05, 0) is 41.3 Å². The first kappa shape index (κ1) is 14.3. The van der Waals surface area contributed by atoms with Gasteiger partial charge in [-0.2, -0.15) is 0 Å². The summed E-state index contributed by atoms with van der Waals surface area (Å²) >= 11 is 0. The third kappa shape index (κ3) is 2.94. The van der Waals surface area contributed by atoms with E-state index >= 15 is 0 Å². The second-order valence-electron chi connectivity index (χ2n) is 5.94. The van der Waals surface area contributed by atoms with Crippen molar-refractivity contribution in [1.29, 1.82) is 0 Å². The van der Waals surface area contributed by atoms with Crippen LogP contribution in [0.25, 0.3) is 11.5 Å². The van der Waals surface area contributed by atoms with Gasteiger partial charge in [-0.3, -0.25) is 9.78 Å². The Bertz CT molecular complexity index is 684. The highest BCUT2D eigenvalue weighted by Gasteiger charge is 2.39. The molecule has 120 valence electrons. The number of tetrazole rings is 1. The van der Waals surface area contributed by atoms with Crippen molar-refractivity contribution < 1.29 is 9.53 Å². The molecule has 1 unspecified atom stereocenters. The van der Waals surface area contributed by atoms with Crippen LogP contribution in [-0.2, 0) is 16.1 Å². The van der Waals surface area contributed by atoms with Crippen LogP contribution in [0.2, 0.25) is 0 Å². The SMILES string of the molecule is O=C(Cn1nnnc1-c1ccccn1)N1CCOCC1C1CC1. The van der Waals surface area contributed by atoms with Crippen LogP contribution in [0.1, 0.15) is 12.8 Å². The third-order valence-corrected chi connectivity index (χ3v) is 4.36. The highest BCUT2D eigenvalue weighted by molar-refractivity contribution is 5.77. The molecule has 0 radical (unpaired) electrons. The number of carbonyl (C=O) groups excluding carboxylic acids is 1. The lowest BCUT2D eigenvalue weighted by molar-refractivity contribution is -0.141. The molecule has 1 saturated carbocycles. The van der Waals surface area contributed by atoms with Gasteiger partial charge in [-0.25, -0.2) is 4.68 Å². The molecule has 2 fully saturated rings. The van der Waals surface area contributed by atoms with Crippen LogP contribution in [0.3, 0.4) is 0 Å². The van der Waals surface area contributed by atoms with E-state index in [0.717, 1.165) is 0 Å². The van der Waals surface area contributed by atoms with E-state index in [0.29, 0.717) is 37.2 Å². The molecule has 1 aliphatic carbocycles. The Labute approximate surface area is 133 Å². The monoisotopic (exact) mass is 314 g/mol. The number of nitrogens with zero attached hydrogens (tertiary/aromatic N) is 6. The standard InChI is InChI=1S/C15H18N6O2/c22-14(20-7-8-23-10-13(20)11-4-5-11)9-21-15(17-18-19-21)12-3-1-2-6-16-12/h1-3,6,11,13H,4-5,7-10H2. The zero-order valence-corrected chi connectivity index (χ0v) is 12.7. The van der Waals surface area contributed by atoms with Crippen LogP contribution in [-0.4, -0.2) is 61.8 Å². The van der Waals surface area contributed by atoms with Crippen molar-refractivity contribution in [3.05, 3.63) is 24.4 Å². The molecule has 8 heteroatoms. The van der Waals surface area contributed by atoms with Gasteiger partial charge < -0.3 is 9.64 Å². The fourth-order valence-corrected chi connectivity index (χ4v) is 3.01. The van der Waals surface area contributed by atoms with Gasteiger partial charge >= 0.3 is 0 Å². The summed E-state index contributed by atoms with van der Waals surface area (Å²) in [5.41, 5.74) is 0.658. The van der Waals surface area contributed by atoms with Crippen LogP contribution >= 0.6 is 0 Å². The van der Waals surface area contributed by atoms with Crippen molar-refractivity contribution in [3.63, 3.8) is 0 Å². The zero-order valence-electron chi connectivity index (χ0n) is 12.7. The summed E-state index contributed by atoms with van der Waals surface area (Å²) in [4.78, 5) is 18.9. The first-order valence-electron chi connectivity index (χ1n) is 7.88. The van der Waals surface area contributed by atoms with Gasteiger partial charge in [0.1, 0.15) is 12.2 Å². The molecule has 4 rings (SSSR count). The fourth-order valence-electron chi connectivity index (χ4n) is 3.01. The lowest BCUT2D eigenvalue weighted by Crippen LogP contribution is -2.50. The number of aromatic nitrogens is 5. The summed E-state index contributed by atoms with van der Waals surface area (Å²) in [7, 11) is 0. The summed E-state index contributed by atoms with van der Waals surface area (Å²) in [5.74, 6) is 1.13. The molecular weight excluding hydrogens is 296 g/mol. The first-order valence-corrected chi connectivity index (χ1v) is 7.88. The van der Waals surface area contributed by atoms with Crippen molar-refractivity contribution in [2.24, 2.45) is 5.92 Å². The second-order valence-corrected chi connectivity index (χ2v) is 5.94. The molecule has 2 aromatic rings. The largest absolute Gasteiger partial charge is 0.377 e. The van der Waals surface area contributed by atoms with Gasteiger partial charge in [-0.15, -0.1) is 5.10 Å². The van der Waals surface area contributed by atoms with Crippen molar-refractivity contribution >= 4 is 5.91 Å². The molecule has 2 aliphatic rings. The van der Waals surface area contributed by atoms with E-state index in [1.54, 1.807) is 6.20 Å². The summed E-state index contributed by atoms with van der Waals surface area (Å²) in [6.07, 6.45) is 4.05. The minimum atomic E-state index is 0.0367. The Kier molecular flexibility index (Phi) is 3.74. The van der Waals surface area contributed by atoms with Gasteiger partial charge in [-0.1, -0.05) is 6.07 Å². The average molecular weight is 314 g/mol. The van der Waals surface area contributed by atoms with E-state index in [-0.39, 0.29) is 18.5 Å². The Morgan fingerprint density at radius 1 is 1.35 bits per heavy atom. The molecule has 2 aromatic heterocycles. The maximum atomic E-state index is 12.7. The number of morpholine rings is 1. The van der Waals surface area contributed by atoms with Crippen molar-refractivity contribution in [3.8, 4) is 11.5 Å². The Hall–Kier alpha value is -2.35. The van der Waals surface area contributed by atoms with E-state index in [1.807, 2.05) is 23.1 Å². The van der Waals surface area contributed by atoms with Crippen LogP contribution in [0.5, 0.6) is 0 Å². The smallest absolute Gasteiger partial charge is 0.244 e. The van der Waals surface area contributed by atoms with Crippen molar-refractivity contribution in [2.75, 3.05) is 19.8 Å². The Morgan fingerprint density at radius 3 is 3.04 bits per heavy atom. The topological polar surface area (TPSA) is 86.0 Å². The Balaban J connectivity index is 1.52. The quantitative estimate of drug-likeness (QED) is 0.810. The third-order valence-electron chi connectivity index (χ3n) is 4.36. The van der Waals surface area contributed by atoms with E-state index in [1.165, 1.54) is 17.5 Å². The zero-order chi connectivity index (χ0) is 15.6.